The van der Waals surface area contributed by atoms with Gasteiger partial charge >= 0.3 is 17.1 Å². The molecule has 2 aromatic rings. The van der Waals surface area contributed by atoms with Gasteiger partial charge in [-0.15, -0.1) is 0 Å². The Morgan fingerprint density at radius 2 is 0.903 bits per heavy atom. The molecule has 2 saturated heterocycles. The first-order valence-corrected chi connectivity index (χ1v) is 10.0. The molecule has 0 aliphatic carbocycles. The number of hydrogen-bond acceptors (Lipinski definition) is 8. The van der Waals surface area contributed by atoms with E-state index < -0.39 is 11.9 Å². The number of piperazine rings is 2. The number of nitrogens with zero attached hydrogens (tertiary/aromatic N) is 2. The van der Waals surface area contributed by atoms with E-state index in [4.69, 9.17) is 19.8 Å². The van der Waals surface area contributed by atoms with Crippen LogP contribution in [0.2, 0.25) is 0 Å². The molecular formula is C22H28FeN4O4. The van der Waals surface area contributed by atoms with Gasteiger partial charge < -0.3 is 40.2 Å². The molecule has 2 N–H and O–H groups in total. The fourth-order valence-corrected chi connectivity index (χ4v) is 3.12. The Bertz CT molecular complexity index is 687. The number of carbonyl (C=O) groups is 2. The van der Waals surface area contributed by atoms with Gasteiger partial charge in [0.05, 0.1) is 11.9 Å². The van der Waals surface area contributed by atoms with E-state index in [0.717, 1.165) is 52.4 Å². The first-order valence-electron chi connectivity index (χ1n) is 10.0. The zero-order valence-corrected chi connectivity index (χ0v) is 18.4. The third-order valence-corrected chi connectivity index (χ3v) is 4.64. The van der Waals surface area contributed by atoms with Crippen molar-refractivity contribution >= 4 is 23.3 Å². The van der Waals surface area contributed by atoms with E-state index >= 15 is 0 Å². The van der Waals surface area contributed by atoms with E-state index in [9.17, 15) is 0 Å². The van der Waals surface area contributed by atoms with Crippen molar-refractivity contribution in [3.05, 3.63) is 60.7 Å². The molecule has 0 atom stereocenters. The molecule has 2 aliphatic rings. The van der Waals surface area contributed by atoms with Gasteiger partial charge in [0.1, 0.15) is 0 Å². The molecule has 0 spiro atoms. The average Bonchev–Trinajstić information content (AvgIpc) is 2.82. The van der Waals surface area contributed by atoms with Gasteiger partial charge in [-0.25, -0.2) is 0 Å². The largest absolute Gasteiger partial charge is 2.00 e. The Kier molecular flexibility index (Phi) is 13.0. The number of carboxylic acid groups (broad SMARTS) is 2. The van der Waals surface area contributed by atoms with E-state index in [1.54, 1.807) is 0 Å². The molecule has 2 aromatic carbocycles. The summed E-state index contributed by atoms with van der Waals surface area (Å²) in [5, 5.41) is 24.5. The summed E-state index contributed by atoms with van der Waals surface area (Å²) in [6, 6.07) is 21.2. The summed E-state index contributed by atoms with van der Waals surface area (Å²) in [4.78, 5) is 22.7. The van der Waals surface area contributed by atoms with Gasteiger partial charge in [0.25, 0.3) is 0 Å². The molecule has 0 aromatic heterocycles. The fourth-order valence-electron chi connectivity index (χ4n) is 3.12. The molecule has 168 valence electrons. The third kappa shape index (κ3) is 10.3. The zero-order chi connectivity index (χ0) is 21.6. The van der Waals surface area contributed by atoms with Crippen LogP contribution in [0.1, 0.15) is 0 Å². The van der Waals surface area contributed by atoms with Crippen molar-refractivity contribution in [3.63, 3.8) is 0 Å². The van der Waals surface area contributed by atoms with Crippen LogP contribution >= 0.6 is 0 Å². The van der Waals surface area contributed by atoms with Crippen molar-refractivity contribution in [1.82, 2.24) is 10.6 Å². The molecular weight excluding hydrogens is 440 g/mol. The van der Waals surface area contributed by atoms with Crippen molar-refractivity contribution in [2.45, 2.75) is 0 Å². The molecule has 0 saturated carbocycles. The van der Waals surface area contributed by atoms with Gasteiger partial charge in [-0.3, -0.25) is 0 Å². The van der Waals surface area contributed by atoms with Crippen LogP contribution in [-0.2, 0) is 26.7 Å². The van der Waals surface area contributed by atoms with Crippen LogP contribution in [-0.4, -0.2) is 64.3 Å². The van der Waals surface area contributed by atoms with Crippen LogP contribution in [0.25, 0.3) is 0 Å². The Labute approximate surface area is 193 Å². The van der Waals surface area contributed by atoms with Crippen molar-refractivity contribution in [2.24, 2.45) is 0 Å². The minimum Gasteiger partial charge on any atom is -0.543 e. The van der Waals surface area contributed by atoms with Crippen LogP contribution in [0.15, 0.2) is 60.7 Å². The van der Waals surface area contributed by atoms with Gasteiger partial charge in [-0.05, 0) is 24.3 Å². The normalized spacial score (nSPS) is 15.2. The number of para-hydroxylation sites is 2. The fraction of sp³-hybridized carbons (Fsp3) is 0.364. The molecule has 8 nitrogen and oxygen atoms in total. The number of rotatable bonds is 2. The summed E-state index contributed by atoms with van der Waals surface area (Å²) in [5.41, 5.74) is 2.69. The van der Waals surface area contributed by atoms with Crippen LogP contribution in [0.3, 0.4) is 0 Å². The molecule has 9 heteroatoms. The predicted molar refractivity (Wildman–Crippen MR) is 113 cm³/mol. The average molecular weight is 468 g/mol. The second-order valence-electron chi connectivity index (χ2n) is 6.72. The first-order chi connectivity index (χ1) is 14.6. The van der Waals surface area contributed by atoms with Crippen molar-refractivity contribution in [1.29, 1.82) is 0 Å². The summed E-state index contributed by atoms with van der Waals surface area (Å²) >= 11 is 0. The molecule has 2 fully saturated rings. The second kappa shape index (κ2) is 15.3. The molecule has 31 heavy (non-hydrogen) atoms. The minimum absolute atomic E-state index is 0. The van der Waals surface area contributed by atoms with E-state index in [2.05, 4.69) is 81.1 Å². The molecule has 0 amide bonds. The van der Waals surface area contributed by atoms with Crippen LogP contribution in [0, 0.1) is 0 Å². The molecule has 4 rings (SSSR count). The summed E-state index contributed by atoms with van der Waals surface area (Å²) in [5.74, 6) is -4.37. The van der Waals surface area contributed by atoms with E-state index in [-0.39, 0.29) is 17.1 Å². The number of aliphatic carboxylic acids is 2. The molecule has 0 bridgehead atoms. The molecule has 2 heterocycles. The monoisotopic (exact) mass is 468 g/mol. The maximum absolute atomic E-state index is 8.93. The standard InChI is InChI=1S/2C10H14N2.C2H2O4.Fe/c2*1-2-4-10(5-3-1)12-8-6-11-7-9-12;3-1(4)2(5)6;/h2*1-5,11H,6-9H2;(H,3,4)(H,5,6);/q;;;+2/p-2. The first kappa shape index (κ1) is 26.5. The Balaban J connectivity index is 0.000000243. The Hall–Kier alpha value is -2.58. The summed E-state index contributed by atoms with van der Waals surface area (Å²) < 4.78 is 0. The second-order valence-corrected chi connectivity index (χ2v) is 6.72. The summed E-state index contributed by atoms with van der Waals surface area (Å²) in [6.07, 6.45) is 0. The van der Waals surface area contributed by atoms with E-state index in [1.807, 2.05) is 0 Å². The van der Waals surface area contributed by atoms with Gasteiger partial charge in [0, 0.05) is 63.7 Å². The smallest absolute Gasteiger partial charge is 0.543 e. The topological polar surface area (TPSA) is 111 Å². The number of carboxylic acids is 2. The molecule has 2 aliphatic heterocycles. The number of benzene rings is 2. The Morgan fingerprint density at radius 1 is 0.613 bits per heavy atom. The van der Waals surface area contributed by atoms with Gasteiger partial charge in [-0.1, -0.05) is 36.4 Å². The van der Waals surface area contributed by atoms with Crippen molar-refractivity contribution in [3.8, 4) is 0 Å². The van der Waals surface area contributed by atoms with Crippen LogP contribution in [0.4, 0.5) is 11.4 Å². The predicted octanol–water partition coefficient (Wildman–Crippen LogP) is -1.32. The zero-order valence-electron chi connectivity index (χ0n) is 17.3. The molecule has 0 unspecified atom stereocenters. The van der Waals surface area contributed by atoms with Crippen LogP contribution in [0.5, 0.6) is 0 Å². The van der Waals surface area contributed by atoms with E-state index in [1.165, 1.54) is 11.4 Å². The maximum atomic E-state index is 8.93. The number of carbonyl (C=O) groups excluding carboxylic acids is 2. The summed E-state index contributed by atoms with van der Waals surface area (Å²) in [6.45, 7) is 8.94. The van der Waals surface area contributed by atoms with Gasteiger partial charge in [0.15, 0.2) is 0 Å². The Morgan fingerprint density at radius 3 is 1.16 bits per heavy atom. The number of anilines is 2. The van der Waals surface area contributed by atoms with Crippen molar-refractivity contribution < 1.29 is 36.9 Å². The van der Waals surface area contributed by atoms with Crippen LogP contribution < -0.4 is 30.6 Å². The number of nitrogens with one attached hydrogen (secondary N) is 2. The molecule has 0 radical (unpaired) electrons. The summed E-state index contributed by atoms with van der Waals surface area (Å²) in [7, 11) is 0. The third-order valence-electron chi connectivity index (χ3n) is 4.64. The quantitative estimate of drug-likeness (QED) is 0.413. The van der Waals surface area contributed by atoms with Gasteiger partial charge in [-0.2, -0.15) is 0 Å². The minimum atomic E-state index is -2.19. The van der Waals surface area contributed by atoms with E-state index in [0.29, 0.717) is 0 Å². The van der Waals surface area contributed by atoms with Gasteiger partial charge in [0.2, 0.25) is 0 Å². The number of hydrogen-bond donors (Lipinski definition) is 2. The van der Waals surface area contributed by atoms with Crippen molar-refractivity contribution in [2.75, 3.05) is 62.2 Å². The SMILES string of the molecule is O=C([O-])C(=O)[O-].[Fe+2].c1ccc(N2CCNCC2)cc1.c1ccc(N2CCNCC2)cc1. The maximum Gasteiger partial charge on any atom is 2.00 e.